The molecule has 7 nitrogen and oxygen atoms in total. The Bertz CT molecular complexity index is 1620. The lowest BCUT2D eigenvalue weighted by atomic mass is 9.99. The van der Waals surface area contributed by atoms with E-state index in [0.717, 1.165) is 24.3 Å². The SMILES string of the molecule is COc1cccc(S(=O)(=O)Nc2cccc(Sc3ccc(/C=C/C(=O)N4CCOCC4)c(C(F)(F)F)c3C(F)(F)F)c2)c1. The van der Waals surface area contributed by atoms with Gasteiger partial charge in [0.1, 0.15) is 5.75 Å². The fourth-order valence-corrected chi connectivity index (χ4v) is 6.32. The summed E-state index contributed by atoms with van der Waals surface area (Å²) in [4.78, 5) is 12.8. The van der Waals surface area contributed by atoms with Crippen LogP contribution in [0.15, 0.2) is 81.4 Å². The van der Waals surface area contributed by atoms with Crippen molar-refractivity contribution in [2.75, 3.05) is 38.1 Å². The highest BCUT2D eigenvalue weighted by molar-refractivity contribution is 7.99. The number of methoxy groups -OCH3 is 1. The largest absolute Gasteiger partial charge is 0.497 e. The summed E-state index contributed by atoms with van der Waals surface area (Å²) in [7, 11) is -2.78. The second-order valence-electron chi connectivity index (χ2n) is 9.08. The van der Waals surface area contributed by atoms with E-state index in [1.54, 1.807) is 0 Å². The van der Waals surface area contributed by atoms with Crippen molar-refractivity contribution >= 4 is 39.5 Å². The van der Waals surface area contributed by atoms with Gasteiger partial charge in [0.05, 0.1) is 36.3 Å². The second kappa shape index (κ2) is 12.9. The van der Waals surface area contributed by atoms with Crippen LogP contribution in [0.2, 0.25) is 0 Å². The van der Waals surface area contributed by atoms with Crippen molar-refractivity contribution in [3.8, 4) is 5.75 Å². The van der Waals surface area contributed by atoms with E-state index < -0.39 is 49.9 Å². The molecule has 0 radical (unpaired) electrons. The Hall–Kier alpha value is -3.69. The molecule has 3 aromatic carbocycles. The van der Waals surface area contributed by atoms with Crippen molar-refractivity contribution < 1.29 is 49.0 Å². The standard InChI is InChI=1S/C28H24F6N2O5S2/c1-40-20-5-3-7-22(17-20)43(38,39)35-19-4-2-6-21(16-19)42-23-10-8-18(9-11-24(37)36-12-14-41-15-13-36)25(27(29,30)31)26(23)28(32,33)34/h2-11,16-17,35H,12-15H2,1H3/b11-9+. The number of carbonyl (C=O) groups is 1. The van der Waals surface area contributed by atoms with Gasteiger partial charge in [-0.15, -0.1) is 0 Å². The van der Waals surface area contributed by atoms with Crippen molar-refractivity contribution in [3.63, 3.8) is 0 Å². The number of anilines is 1. The molecule has 1 aliphatic heterocycles. The molecule has 1 fully saturated rings. The van der Waals surface area contributed by atoms with Crippen molar-refractivity contribution in [2.45, 2.75) is 27.0 Å². The Morgan fingerprint density at radius 2 is 1.63 bits per heavy atom. The third kappa shape index (κ3) is 8.03. The molecule has 0 bridgehead atoms. The molecular formula is C28H24F6N2O5S2. The van der Waals surface area contributed by atoms with Gasteiger partial charge in [-0.2, -0.15) is 26.3 Å². The van der Waals surface area contributed by atoms with E-state index in [4.69, 9.17) is 9.47 Å². The lowest BCUT2D eigenvalue weighted by Crippen LogP contribution is -2.39. The topological polar surface area (TPSA) is 84.9 Å². The van der Waals surface area contributed by atoms with E-state index in [-0.39, 0.29) is 47.5 Å². The van der Waals surface area contributed by atoms with Gasteiger partial charge in [-0.3, -0.25) is 9.52 Å². The molecule has 15 heteroatoms. The summed E-state index contributed by atoms with van der Waals surface area (Å²) >= 11 is 0.381. The predicted octanol–water partition coefficient (Wildman–Crippen LogP) is 6.56. The summed E-state index contributed by atoms with van der Waals surface area (Å²) in [6.07, 6.45) is -9.31. The molecule has 0 atom stereocenters. The van der Waals surface area contributed by atoms with Crippen molar-refractivity contribution in [3.05, 3.63) is 83.4 Å². The zero-order valence-corrected chi connectivity index (χ0v) is 24.0. The first-order valence-corrected chi connectivity index (χ1v) is 14.8. The van der Waals surface area contributed by atoms with Gasteiger partial charge in [0, 0.05) is 40.7 Å². The molecule has 0 unspecified atom stereocenters. The number of nitrogens with one attached hydrogen (secondary N) is 1. The monoisotopic (exact) mass is 646 g/mol. The number of morpholine rings is 1. The van der Waals surface area contributed by atoms with Gasteiger partial charge in [0.25, 0.3) is 10.0 Å². The number of halogens is 6. The minimum atomic E-state index is -5.42. The summed E-state index contributed by atoms with van der Waals surface area (Å²) in [5.74, 6) is -0.382. The number of ether oxygens (including phenoxy) is 2. The highest BCUT2D eigenvalue weighted by Gasteiger charge is 2.46. The molecule has 0 spiro atoms. The highest BCUT2D eigenvalue weighted by atomic mass is 32.2. The average Bonchev–Trinajstić information content (AvgIpc) is 2.95. The lowest BCUT2D eigenvalue weighted by molar-refractivity contribution is -0.163. The van der Waals surface area contributed by atoms with Gasteiger partial charge in [0.2, 0.25) is 5.91 Å². The molecular weight excluding hydrogens is 622 g/mol. The molecule has 0 aromatic heterocycles. The number of hydrogen-bond acceptors (Lipinski definition) is 6. The molecule has 230 valence electrons. The van der Waals surface area contributed by atoms with Crippen LogP contribution >= 0.6 is 11.8 Å². The number of hydrogen-bond donors (Lipinski definition) is 1. The maximum atomic E-state index is 14.2. The normalized spacial score (nSPS) is 14.6. The summed E-state index contributed by atoms with van der Waals surface area (Å²) < 4.78 is 123. The molecule has 1 saturated heterocycles. The summed E-state index contributed by atoms with van der Waals surface area (Å²) in [5, 5.41) is 0. The van der Waals surface area contributed by atoms with Crippen LogP contribution in [0.25, 0.3) is 6.08 Å². The van der Waals surface area contributed by atoms with E-state index in [0.29, 0.717) is 11.8 Å². The van der Waals surface area contributed by atoms with Gasteiger partial charge >= 0.3 is 12.4 Å². The molecule has 3 aromatic rings. The van der Waals surface area contributed by atoms with E-state index in [9.17, 15) is 39.6 Å². The Morgan fingerprint density at radius 3 is 2.28 bits per heavy atom. The van der Waals surface area contributed by atoms with Crippen molar-refractivity contribution in [2.24, 2.45) is 0 Å². The molecule has 1 N–H and O–H groups in total. The van der Waals surface area contributed by atoms with E-state index in [1.807, 2.05) is 0 Å². The molecule has 1 heterocycles. The molecule has 1 aliphatic rings. The predicted molar refractivity (Wildman–Crippen MR) is 147 cm³/mol. The minimum absolute atomic E-state index is 0.0291. The lowest BCUT2D eigenvalue weighted by Gasteiger charge is -2.25. The molecule has 4 rings (SSSR count). The number of amides is 1. The van der Waals surface area contributed by atoms with Gasteiger partial charge in [0.15, 0.2) is 0 Å². The van der Waals surface area contributed by atoms with Crippen LogP contribution in [0.5, 0.6) is 5.75 Å². The third-order valence-electron chi connectivity index (χ3n) is 6.16. The van der Waals surface area contributed by atoms with Gasteiger partial charge in [-0.05, 0) is 48.0 Å². The number of carbonyl (C=O) groups excluding carboxylic acids is 1. The first kappa shape index (κ1) is 32.2. The van der Waals surface area contributed by atoms with E-state index in [2.05, 4.69) is 4.72 Å². The van der Waals surface area contributed by atoms with Gasteiger partial charge in [-0.1, -0.05) is 30.0 Å². The molecule has 0 aliphatic carbocycles. The maximum Gasteiger partial charge on any atom is 0.418 e. The zero-order valence-electron chi connectivity index (χ0n) is 22.3. The van der Waals surface area contributed by atoms with E-state index >= 15 is 0 Å². The number of rotatable bonds is 8. The Morgan fingerprint density at radius 1 is 0.953 bits per heavy atom. The Kier molecular flexibility index (Phi) is 9.66. The smallest absolute Gasteiger partial charge is 0.418 e. The summed E-state index contributed by atoms with van der Waals surface area (Å²) in [6.45, 7) is 0.878. The van der Waals surface area contributed by atoms with Crippen LogP contribution < -0.4 is 9.46 Å². The van der Waals surface area contributed by atoms with Crippen LogP contribution in [-0.2, 0) is 31.9 Å². The maximum absolute atomic E-state index is 14.2. The highest BCUT2D eigenvalue weighted by Crippen LogP contribution is 2.48. The fourth-order valence-electron chi connectivity index (χ4n) is 4.19. The number of benzene rings is 3. The van der Waals surface area contributed by atoms with Crippen LogP contribution in [0.4, 0.5) is 32.0 Å². The Balaban J connectivity index is 1.68. The van der Waals surface area contributed by atoms with E-state index in [1.165, 1.54) is 60.5 Å². The number of alkyl halides is 6. The van der Waals surface area contributed by atoms with Crippen molar-refractivity contribution in [1.82, 2.24) is 4.90 Å². The second-order valence-corrected chi connectivity index (χ2v) is 11.9. The quantitative estimate of drug-likeness (QED) is 0.221. The third-order valence-corrected chi connectivity index (χ3v) is 8.59. The Labute approximate surface area is 247 Å². The van der Waals surface area contributed by atoms with Crippen LogP contribution in [0, 0.1) is 0 Å². The molecule has 1 amide bonds. The summed E-state index contributed by atoms with van der Waals surface area (Å²) in [5.41, 5.74) is -4.72. The first-order chi connectivity index (χ1) is 20.2. The average molecular weight is 647 g/mol. The molecule has 43 heavy (non-hydrogen) atoms. The van der Waals surface area contributed by atoms with Crippen LogP contribution in [0.3, 0.4) is 0 Å². The van der Waals surface area contributed by atoms with Crippen LogP contribution in [0.1, 0.15) is 16.7 Å². The zero-order chi connectivity index (χ0) is 31.4. The first-order valence-electron chi connectivity index (χ1n) is 12.5. The number of sulfonamides is 1. The number of nitrogens with zero attached hydrogens (tertiary/aromatic N) is 1. The van der Waals surface area contributed by atoms with Crippen LogP contribution in [-0.4, -0.2) is 52.6 Å². The summed E-state index contributed by atoms with van der Waals surface area (Å²) in [6, 6.07) is 12.5. The van der Waals surface area contributed by atoms with Crippen molar-refractivity contribution in [1.29, 1.82) is 0 Å². The van der Waals surface area contributed by atoms with Gasteiger partial charge in [-0.25, -0.2) is 8.42 Å². The fraction of sp³-hybridized carbons (Fsp3) is 0.250. The van der Waals surface area contributed by atoms with Gasteiger partial charge < -0.3 is 14.4 Å². The molecule has 0 saturated carbocycles. The minimum Gasteiger partial charge on any atom is -0.497 e.